The first-order valence-electron chi connectivity index (χ1n) is 15.8. The summed E-state index contributed by atoms with van der Waals surface area (Å²) >= 11 is 0. The average Bonchev–Trinajstić information content (AvgIpc) is 3.27. The van der Waals surface area contributed by atoms with E-state index in [1.807, 2.05) is 25.1 Å². The van der Waals surface area contributed by atoms with E-state index in [2.05, 4.69) is 37.3 Å². The van der Waals surface area contributed by atoms with Gasteiger partial charge in [0, 0.05) is 6.61 Å². The normalized spacial score (nSPS) is 28.1. The second-order valence-corrected chi connectivity index (χ2v) is 14.6. The number of aryl methyl sites for hydroxylation is 2. The van der Waals surface area contributed by atoms with Crippen molar-refractivity contribution in [1.82, 2.24) is 0 Å². The molecule has 3 aromatic rings. The second kappa shape index (κ2) is 12.7. The van der Waals surface area contributed by atoms with Crippen LogP contribution in [-0.2, 0) is 32.1 Å². The number of rotatable bonds is 11. The lowest BCUT2D eigenvalue weighted by Gasteiger charge is -2.50. The third-order valence-corrected chi connectivity index (χ3v) is 11.8. The molecular weight excluding hydrogens is 560 g/mol. The third-order valence-electron chi connectivity index (χ3n) is 10.5. The maximum atomic E-state index is 12.4. The lowest BCUT2D eigenvalue weighted by Crippen LogP contribution is -2.44. The molecule has 6 atom stereocenters. The van der Waals surface area contributed by atoms with Crippen molar-refractivity contribution >= 4 is 10.1 Å². The molecule has 0 aromatic heterocycles. The number of hydrogen-bond acceptors (Lipinski definition) is 6. The summed E-state index contributed by atoms with van der Waals surface area (Å²) < 4.78 is 41.8. The van der Waals surface area contributed by atoms with Crippen LogP contribution < -0.4 is 4.74 Å². The molecule has 0 spiro atoms. The summed E-state index contributed by atoms with van der Waals surface area (Å²) in [5.41, 5.74) is 5.00. The molecule has 4 unspecified atom stereocenters. The molecule has 0 bridgehead atoms. The van der Waals surface area contributed by atoms with Crippen molar-refractivity contribution in [3.05, 3.63) is 95.1 Å². The summed E-state index contributed by atoms with van der Waals surface area (Å²) in [5.74, 6) is 2.76. The highest BCUT2D eigenvalue weighted by Gasteiger charge is 2.57. The van der Waals surface area contributed by atoms with Crippen LogP contribution in [0.5, 0.6) is 5.75 Å². The van der Waals surface area contributed by atoms with E-state index < -0.39 is 10.1 Å². The van der Waals surface area contributed by atoms with E-state index in [4.69, 9.17) is 13.7 Å². The molecule has 0 saturated heterocycles. The highest BCUT2D eigenvalue weighted by Crippen LogP contribution is 2.62. The monoisotopic (exact) mass is 604 g/mol. The number of fused-ring (bicyclic) bond motifs is 5. The van der Waals surface area contributed by atoms with Gasteiger partial charge in [-0.25, -0.2) is 0 Å². The number of hydrogen-bond donors (Lipinski definition) is 1. The molecule has 0 amide bonds. The van der Waals surface area contributed by atoms with E-state index in [-0.39, 0.29) is 35.5 Å². The summed E-state index contributed by atoms with van der Waals surface area (Å²) in [6.07, 6.45) is 5.82. The van der Waals surface area contributed by atoms with E-state index in [1.54, 1.807) is 24.3 Å². The molecular formula is C36H44O6S. The van der Waals surface area contributed by atoms with Crippen molar-refractivity contribution in [3.8, 4) is 5.75 Å². The average molecular weight is 605 g/mol. The van der Waals surface area contributed by atoms with Gasteiger partial charge in [-0.3, -0.25) is 4.18 Å². The Labute approximate surface area is 256 Å². The van der Waals surface area contributed by atoms with E-state index in [0.717, 1.165) is 49.8 Å². The van der Waals surface area contributed by atoms with Crippen molar-refractivity contribution in [2.75, 3.05) is 19.8 Å². The predicted molar refractivity (Wildman–Crippen MR) is 166 cm³/mol. The maximum Gasteiger partial charge on any atom is 0.297 e. The highest BCUT2D eigenvalue weighted by molar-refractivity contribution is 7.86. The Morgan fingerprint density at radius 1 is 0.953 bits per heavy atom. The molecule has 6 rings (SSSR count). The molecule has 230 valence electrons. The number of ether oxygens (including phenoxy) is 2. The highest BCUT2D eigenvalue weighted by atomic mass is 32.2. The van der Waals surface area contributed by atoms with Crippen molar-refractivity contribution in [1.29, 1.82) is 0 Å². The fourth-order valence-electron chi connectivity index (χ4n) is 8.13. The van der Waals surface area contributed by atoms with Crippen LogP contribution in [0.25, 0.3) is 0 Å². The van der Waals surface area contributed by atoms with Crippen LogP contribution in [0.3, 0.4) is 0 Å². The van der Waals surface area contributed by atoms with Crippen LogP contribution >= 0.6 is 0 Å². The first-order valence-corrected chi connectivity index (χ1v) is 17.2. The standard InChI is InChI=1S/C36H44O6S/c1-25-8-12-30(13-9-25)43(38,39)42-21-20-40-19-17-28-23-34-33-14-10-27-22-29(41-24-26-6-4-3-5-7-26)11-15-31(27)32(33)16-18-36(34,2)35(28)37/h3-9,11-13,15,22,28,32-35,37H,10,14,16-21,23-24H2,1-2H3/t28?,32?,33?,34?,35-,36-/m0/s1. The minimum atomic E-state index is -3.79. The van der Waals surface area contributed by atoms with E-state index in [1.165, 1.54) is 16.7 Å². The molecule has 0 aliphatic heterocycles. The molecule has 7 heteroatoms. The summed E-state index contributed by atoms with van der Waals surface area (Å²) in [7, 11) is -3.79. The molecule has 3 aliphatic carbocycles. The summed E-state index contributed by atoms with van der Waals surface area (Å²) in [5, 5.41) is 11.5. The molecule has 0 radical (unpaired) electrons. The Bertz CT molecular complexity index is 1490. The van der Waals surface area contributed by atoms with Crippen LogP contribution in [0.2, 0.25) is 0 Å². The van der Waals surface area contributed by atoms with Crippen molar-refractivity contribution in [2.24, 2.45) is 23.2 Å². The second-order valence-electron chi connectivity index (χ2n) is 13.0. The largest absolute Gasteiger partial charge is 0.489 e. The predicted octanol–water partition coefficient (Wildman–Crippen LogP) is 6.83. The van der Waals surface area contributed by atoms with Crippen LogP contribution in [0.4, 0.5) is 0 Å². The Morgan fingerprint density at radius 3 is 2.53 bits per heavy atom. The van der Waals surface area contributed by atoms with Gasteiger partial charge in [0.1, 0.15) is 12.4 Å². The number of aliphatic hydroxyl groups is 1. The fourth-order valence-corrected chi connectivity index (χ4v) is 9.02. The summed E-state index contributed by atoms with van der Waals surface area (Å²) in [4.78, 5) is 0.156. The van der Waals surface area contributed by atoms with Crippen LogP contribution in [0.1, 0.15) is 67.2 Å². The van der Waals surface area contributed by atoms with Crippen molar-refractivity contribution in [3.63, 3.8) is 0 Å². The van der Waals surface area contributed by atoms with Gasteiger partial charge >= 0.3 is 0 Å². The Morgan fingerprint density at radius 2 is 1.74 bits per heavy atom. The molecule has 0 heterocycles. The Hall–Kier alpha value is -2.71. The SMILES string of the molecule is Cc1ccc(S(=O)(=O)OCCOCCC2CC3C4CCc5cc(OCc6ccccc6)ccc5C4CC[C@]3(C)[C@H]2O)cc1. The number of benzene rings is 3. The number of aliphatic hydroxyl groups excluding tert-OH is 1. The van der Waals surface area contributed by atoms with Gasteiger partial charge in [-0.15, -0.1) is 0 Å². The zero-order chi connectivity index (χ0) is 30.0. The molecule has 1 N–H and O–H groups in total. The quantitative estimate of drug-likeness (QED) is 0.191. The smallest absolute Gasteiger partial charge is 0.297 e. The topological polar surface area (TPSA) is 82.1 Å². The zero-order valence-corrected chi connectivity index (χ0v) is 26.1. The van der Waals surface area contributed by atoms with Crippen molar-refractivity contribution < 1.29 is 27.2 Å². The molecule has 3 aromatic carbocycles. The van der Waals surface area contributed by atoms with Crippen LogP contribution in [0.15, 0.2) is 77.7 Å². The van der Waals surface area contributed by atoms with E-state index in [9.17, 15) is 13.5 Å². The lowest BCUT2D eigenvalue weighted by molar-refractivity contribution is -0.0361. The van der Waals surface area contributed by atoms with Gasteiger partial charge in [0.05, 0.1) is 24.2 Å². The third kappa shape index (κ3) is 6.41. The zero-order valence-electron chi connectivity index (χ0n) is 25.3. The molecule has 43 heavy (non-hydrogen) atoms. The van der Waals surface area contributed by atoms with E-state index in [0.29, 0.717) is 31.0 Å². The Kier molecular flexibility index (Phi) is 8.97. The van der Waals surface area contributed by atoms with Crippen molar-refractivity contribution in [2.45, 2.75) is 75.9 Å². The van der Waals surface area contributed by atoms with Gasteiger partial charge in [-0.05, 0) is 115 Å². The van der Waals surface area contributed by atoms with Gasteiger partial charge in [-0.1, -0.05) is 61.0 Å². The van der Waals surface area contributed by atoms with Crippen LogP contribution in [-0.4, -0.2) is 39.4 Å². The fraction of sp³-hybridized carbons (Fsp3) is 0.500. The molecule has 3 aliphatic rings. The molecule has 2 fully saturated rings. The summed E-state index contributed by atoms with van der Waals surface area (Å²) in [6, 6.07) is 23.6. The molecule has 2 saturated carbocycles. The van der Waals surface area contributed by atoms with Gasteiger partial charge < -0.3 is 14.6 Å². The van der Waals surface area contributed by atoms with Crippen LogP contribution in [0, 0.1) is 30.1 Å². The minimum absolute atomic E-state index is 0.0219. The maximum absolute atomic E-state index is 12.4. The van der Waals surface area contributed by atoms with Gasteiger partial charge in [-0.2, -0.15) is 8.42 Å². The van der Waals surface area contributed by atoms with Gasteiger partial charge in [0.25, 0.3) is 10.1 Å². The first-order chi connectivity index (χ1) is 20.7. The minimum Gasteiger partial charge on any atom is -0.489 e. The lowest BCUT2D eigenvalue weighted by atomic mass is 9.55. The Balaban J connectivity index is 1.00. The van der Waals surface area contributed by atoms with Gasteiger partial charge in [0.2, 0.25) is 0 Å². The summed E-state index contributed by atoms with van der Waals surface area (Å²) in [6.45, 7) is 5.46. The van der Waals surface area contributed by atoms with Gasteiger partial charge in [0.15, 0.2) is 0 Å². The first kappa shape index (κ1) is 30.3. The molecule has 6 nitrogen and oxygen atoms in total. The van der Waals surface area contributed by atoms with E-state index >= 15 is 0 Å².